The van der Waals surface area contributed by atoms with Crippen molar-refractivity contribution in [2.24, 2.45) is 0 Å². The highest BCUT2D eigenvalue weighted by molar-refractivity contribution is 8.00. The van der Waals surface area contributed by atoms with Gasteiger partial charge in [-0.1, -0.05) is 48.0 Å². The Bertz CT molecular complexity index is 939. The van der Waals surface area contributed by atoms with Gasteiger partial charge in [-0.2, -0.15) is 5.10 Å². The predicted octanol–water partition coefficient (Wildman–Crippen LogP) is 4.61. The lowest BCUT2D eigenvalue weighted by Crippen LogP contribution is -2.15. The fourth-order valence-electron chi connectivity index (χ4n) is 3.07. The Balaban J connectivity index is 1.91. The van der Waals surface area contributed by atoms with Crippen LogP contribution in [-0.2, 0) is 4.79 Å². The minimum atomic E-state index is -0.0205. The maximum absolute atomic E-state index is 12.3. The second-order valence-corrected chi connectivity index (χ2v) is 7.42. The van der Waals surface area contributed by atoms with Gasteiger partial charge in [-0.25, -0.2) is 4.68 Å². The summed E-state index contributed by atoms with van der Waals surface area (Å²) in [6, 6.07) is 17.7. The number of carbonyl (C=O) groups is 1. The van der Waals surface area contributed by atoms with Crippen LogP contribution in [0.5, 0.6) is 0 Å². The number of amides is 1. The van der Waals surface area contributed by atoms with Gasteiger partial charge in [0.1, 0.15) is 5.82 Å². The third-order valence-electron chi connectivity index (χ3n) is 4.16. The average Bonchev–Trinajstić information content (AvgIpc) is 2.82. The number of halogens is 1. The Morgan fingerprint density at radius 3 is 2.76 bits per heavy atom. The quantitative estimate of drug-likeness (QED) is 0.717. The molecule has 3 aromatic rings. The molecule has 4 nitrogen and oxygen atoms in total. The minimum Gasteiger partial charge on any atom is -0.310 e. The highest BCUT2D eigenvalue weighted by atomic mass is 35.5. The number of aryl methyl sites for hydroxylation is 1. The molecule has 0 aliphatic carbocycles. The van der Waals surface area contributed by atoms with E-state index >= 15 is 0 Å². The van der Waals surface area contributed by atoms with Gasteiger partial charge in [0.25, 0.3) is 0 Å². The van der Waals surface area contributed by atoms with E-state index in [1.165, 1.54) is 5.56 Å². The van der Waals surface area contributed by atoms with Crippen LogP contribution in [0.3, 0.4) is 0 Å². The number of fused-ring (bicyclic) bond motifs is 1. The predicted molar refractivity (Wildman–Crippen MR) is 103 cm³/mol. The molecule has 0 spiro atoms. The zero-order chi connectivity index (χ0) is 17.4. The van der Waals surface area contributed by atoms with E-state index in [0.717, 1.165) is 22.8 Å². The first-order valence-corrected chi connectivity index (χ1v) is 9.38. The molecule has 0 radical (unpaired) electrons. The number of nitrogens with one attached hydrogen (secondary N) is 1. The van der Waals surface area contributed by atoms with Crippen LogP contribution in [0.4, 0.5) is 5.82 Å². The molecule has 1 aromatic heterocycles. The summed E-state index contributed by atoms with van der Waals surface area (Å²) in [4.78, 5) is 12.3. The fraction of sp³-hybridized carbons (Fsp3) is 0.158. The van der Waals surface area contributed by atoms with E-state index in [9.17, 15) is 4.79 Å². The third kappa shape index (κ3) is 3.05. The number of rotatable bonds is 2. The maximum Gasteiger partial charge on any atom is 0.235 e. The fourth-order valence-corrected chi connectivity index (χ4v) is 4.44. The van der Waals surface area contributed by atoms with Crippen LogP contribution < -0.4 is 5.32 Å². The molecule has 1 unspecified atom stereocenters. The van der Waals surface area contributed by atoms with E-state index in [4.69, 9.17) is 11.6 Å². The van der Waals surface area contributed by atoms with E-state index in [0.29, 0.717) is 10.8 Å². The van der Waals surface area contributed by atoms with Crippen LogP contribution in [0, 0.1) is 6.92 Å². The largest absolute Gasteiger partial charge is 0.310 e. The Morgan fingerprint density at radius 2 is 2.00 bits per heavy atom. The molecule has 1 amide bonds. The van der Waals surface area contributed by atoms with Crippen molar-refractivity contribution in [3.8, 4) is 5.69 Å². The van der Waals surface area contributed by atoms with Gasteiger partial charge in [-0.05, 0) is 30.7 Å². The van der Waals surface area contributed by atoms with Crippen molar-refractivity contribution >= 4 is 35.1 Å². The molecule has 6 heteroatoms. The number of thioether (sulfide) groups is 1. The summed E-state index contributed by atoms with van der Waals surface area (Å²) in [5.74, 6) is 1.11. The van der Waals surface area contributed by atoms with E-state index in [2.05, 4.69) is 22.5 Å². The number of hydrogen-bond donors (Lipinski definition) is 1. The van der Waals surface area contributed by atoms with Gasteiger partial charge in [0, 0.05) is 10.6 Å². The van der Waals surface area contributed by atoms with Crippen molar-refractivity contribution in [1.29, 1.82) is 0 Å². The summed E-state index contributed by atoms with van der Waals surface area (Å²) in [6.07, 6.45) is 0. The van der Waals surface area contributed by atoms with Crippen molar-refractivity contribution in [2.45, 2.75) is 12.2 Å². The molecular formula is C19H16ClN3OS. The first-order chi connectivity index (χ1) is 12.1. The average molecular weight is 370 g/mol. The van der Waals surface area contributed by atoms with E-state index in [-0.39, 0.29) is 11.2 Å². The lowest BCUT2D eigenvalue weighted by molar-refractivity contribution is -0.113. The Hall–Kier alpha value is -2.24. The second kappa shape index (κ2) is 6.58. The summed E-state index contributed by atoms with van der Waals surface area (Å²) < 4.78 is 1.77. The molecule has 1 aliphatic rings. The van der Waals surface area contributed by atoms with Crippen molar-refractivity contribution in [1.82, 2.24) is 9.78 Å². The molecule has 0 fully saturated rings. The van der Waals surface area contributed by atoms with Crippen molar-refractivity contribution < 1.29 is 4.79 Å². The second-order valence-electron chi connectivity index (χ2n) is 5.89. The normalized spacial score (nSPS) is 16.9. The zero-order valence-electron chi connectivity index (χ0n) is 13.6. The maximum atomic E-state index is 12.3. The highest BCUT2D eigenvalue weighted by Gasteiger charge is 2.30. The summed E-state index contributed by atoms with van der Waals surface area (Å²) >= 11 is 7.76. The Labute approximate surface area is 155 Å². The standard InChI is InChI=1S/C19H16ClN3OS/c1-12-17-18(13-6-3-2-4-7-13)25-11-16(24)21-19(17)23(22-12)15-9-5-8-14(20)10-15/h2-10,18H,11H2,1H3,(H,21,24). The van der Waals surface area contributed by atoms with E-state index < -0.39 is 0 Å². The lowest BCUT2D eigenvalue weighted by Gasteiger charge is -2.15. The van der Waals surface area contributed by atoms with Gasteiger partial charge in [0.15, 0.2) is 0 Å². The summed E-state index contributed by atoms with van der Waals surface area (Å²) in [6.45, 7) is 1.98. The van der Waals surface area contributed by atoms with Crippen molar-refractivity contribution in [3.63, 3.8) is 0 Å². The van der Waals surface area contributed by atoms with E-state index in [1.54, 1.807) is 16.4 Å². The van der Waals surface area contributed by atoms with Gasteiger partial charge < -0.3 is 5.32 Å². The molecule has 4 rings (SSSR count). The Morgan fingerprint density at radius 1 is 1.20 bits per heavy atom. The zero-order valence-corrected chi connectivity index (χ0v) is 15.1. The van der Waals surface area contributed by atoms with Gasteiger partial charge in [-0.3, -0.25) is 4.79 Å². The van der Waals surface area contributed by atoms with Crippen LogP contribution in [0.25, 0.3) is 5.69 Å². The number of benzene rings is 2. The van der Waals surface area contributed by atoms with Crippen LogP contribution in [0.2, 0.25) is 5.02 Å². The summed E-state index contributed by atoms with van der Waals surface area (Å²) in [5, 5.41) is 8.40. The molecule has 0 saturated heterocycles. The van der Waals surface area contributed by atoms with Gasteiger partial charge in [-0.15, -0.1) is 11.8 Å². The minimum absolute atomic E-state index is 0.0205. The summed E-state index contributed by atoms with van der Waals surface area (Å²) in [5.41, 5.74) is 3.94. The molecule has 0 bridgehead atoms. The first-order valence-electron chi connectivity index (χ1n) is 7.95. The van der Waals surface area contributed by atoms with Crippen LogP contribution >= 0.6 is 23.4 Å². The molecule has 126 valence electrons. The number of nitrogens with zero attached hydrogens (tertiary/aromatic N) is 2. The number of carbonyl (C=O) groups excluding carboxylic acids is 1. The third-order valence-corrected chi connectivity index (χ3v) is 5.67. The van der Waals surface area contributed by atoms with Crippen LogP contribution in [-0.4, -0.2) is 21.4 Å². The van der Waals surface area contributed by atoms with Gasteiger partial charge >= 0.3 is 0 Å². The smallest absolute Gasteiger partial charge is 0.235 e. The SMILES string of the molecule is Cc1nn(-c2cccc(Cl)c2)c2c1C(c1ccccc1)SCC(=O)N2. The summed E-state index contributed by atoms with van der Waals surface area (Å²) in [7, 11) is 0. The number of aromatic nitrogens is 2. The van der Waals surface area contributed by atoms with E-state index in [1.807, 2.05) is 49.4 Å². The van der Waals surface area contributed by atoms with Gasteiger partial charge in [0.2, 0.25) is 5.91 Å². The molecule has 1 aliphatic heterocycles. The topological polar surface area (TPSA) is 46.9 Å². The molecule has 1 atom stereocenters. The highest BCUT2D eigenvalue weighted by Crippen LogP contribution is 2.43. The number of anilines is 1. The molecule has 2 aromatic carbocycles. The first kappa shape index (κ1) is 16.2. The van der Waals surface area contributed by atoms with Crippen molar-refractivity contribution in [2.75, 3.05) is 11.1 Å². The van der Waals surface area contributed by atoms with Crippen LogP contribution in [0.1, 0.15) is 22.1 Å². The molecule has 2 heterocycles. The van der Waals surface area contributed by atoms with Crippen LogP contribution in [0.15, 0.2) is 54.6 Å². The molecular weight excluding hydrogens is 354 g/mol. The molecule has 25 heavy (non-hydrogen) atoms. The molecule has 0 saturated carbocycles. The van der Waals surface area contributed by atoms with Crippen molar-refractivity contribution in [3.05, 3.63) is 76.4 Å². The monoisotopic (exact) mass is 369 g/mol. The molecule has 1 N–H and O–H groups in total. The lowest BCUT2D eigenvalue weighted by atomic mass is 10.0. The van der Waals surface area contributed by atoms with Gasteiger partial charge in [0.05, 0.1) is 22.4 Å². The Kier molecular flexibility index (Phi) is 4.27. The number of hydrogen-bond acceptors (Lipinski definition) is 3.